The second-order valence-electron chi connectivity index (χ2n) is 8.65. The van der Waals surface area contributed by atoms with Gasteiger partial charge in [0.05, 0.1) is 17.0 Å². The van der Waals surface area contributed by atoms with Crippen LogP contribution in [0.4, 0.5) is 5.69 Å². The lowest BCUT2D eigenvalue weighted by Gasteiger charge is -2.44. The highest BCUT2D eigenvalue weighted by atomic mass is 32.2. The van der Waals surface area contributed by atoms with Crippen molar-refractivity contribution < 1.29 is 13.5 Å². The molecule has 0 aliphatic heterocycles. The predicted octanol–water partition coefficient (Wildman–Crippen LogP) is 5.11. The molecule has 0 saturated heterocycles. The molecule has 2 aromatic carbocycles. The van der Waals surface area contributed by atoms with Crippen molar-refractivity contribution in [2.45, 2.75) is 57.7 Å². The molecule has 6 nitrogen and oxygen atoms in total. The molecule has 1 heterocycles. The van der Waals surface area contributed by atoms with E-state index in [-0.39, 0.29) is 11.5 Å². The van der Waals surface area contributed by atoms with Crippen LogP contribution in [0.25, 0.3) is 22.0 Å². The van der Waals surface area contributed by atoms with Gasteiger partial charge in [0, 0.05) is 41.8 Å². The van der Waals surface area contributed by atoms with Crippen molar-refractivity contribution in [2.75, 3.05) is 18.1 Å². The van der Waals surface area contributed by atoms with Gasteiger partial charge < -0.3 is 10.1 Å². The summed E-state index contributed by atoms with van der Waals surface area (Å²) >= 11 is 0. The number of aromatic hydroxyl groups is 1. The molecule has 176 valence electrons. The Bertz CT molecular complexity index is 1180. The summed E-state index contributed by atoms with van der Waals surface area (Å²) in [4.78, 5) is 4.62. The fraction of sp³-hybridized carbons (Fsp3) is 0.423. The van der Waals surface area contributed by atoms with Gasteiger partial charge in [-0.05, 0) is 36.6 Å². The summed E-state index contributed by atoms with van der Waals surface area (Å²) < 4.78 is 23.7. The number of pyridine rings is 1. The van der Waals surface area contributed by atoms with Crippen LogP contribution in [0.15, 0.2) is 48.7 Å². The zero-order chi connectivity index (χ0) is 23.4. The van der Waals surface area contributed by atoms with Gasteiger partial charge in [0.1, 0.15) is 16.5 Å². The monoisotopic (exact) mass is 467 g/mol. The van der Waals surface area contributed by atoms with E-state index in [0.29, 0.717) is 6.04 Å². The number of fused-ring (bicyclic) bond motifs is 1. The van der Waals surface area contributed by atoms with E-state index in [1.165, 1.54) is 19.3 Å². The lowest BCUT2D eigenvalue weighted by molar-refractivity contribution is 0.220. The Kier molecular flexibility index (Phi) is 7.50. The molecule has 1 N–H and O–H groups in total. The van der Waals surface area contributed by atoms with Crippen LogP contribution >= 0.6 is 0 Å². The minimum atomic E-state index is -2.60. The molecular formula is C26H33N3O3S. The third-order valence-electron chi connectivity index (χ3n) is 6.61. The van der Waals surface area contributed by atoms with Crippen LogP contribution in [0.3, 0.4) is 0 Å². The molecule has 1 aliphatic rings. The summed E-state index contributed by atoms with van der Waals surface area (Å²) in [5, 5.41) is 16.0. The van der Waals surface area contributed by atoms with Crippen molar-refractivity contribution >= 4 is 27.3 Å². The van der Waals surface area contributed by atoms with E-state index in [4.69, 9.17) is 0 Å². The molecule has 0 amide bonds. The molecule has 0 bridgehead atoms. The van der Waals surface area contributed by atoms with Crippen LogP contribution in [0.2, 0.25) is 0 Å². The first-order valence-electron chi connectivity index (χ1n) is 11.9. The van der Waals surface area contributed by atoms with Crippen LogP contribution < -0.4 is 5.01 Å². The smallest absolute Gasteiger partial charge is 0.144 e. The number of hydrazine groups is 1. The Morgan fingerprint density at radius 2 is 1.76 bits per heavy atom. The molecule has 1 aliphatic carbocycles. The van der Waals surface area contributed by atoms with Crippen LogP contribution in [0.1, 0.15) is 51.5 Å². The van der Waals surface area contributed by atoms with E-state index in [9.17, 15) is 13.5 Å². The fourth-order valence-electron chi connectivity index (χ4n) is 5.04. The van der Waals surface area contributed by atoms with Crippen LogP contribution in [0, 0.1) is 0 Å². The Hall–Kier alpha value is -2.64. The summed E-state index contributed by atoms with van der Waals surface area (Å²) in [6.45, 7) is 5.95. The molecule has 7 heteroatoms. The summed E-state index contributed by atoms with van der Waals surface area (Å²) in [7, 11) is -2.60. The number of anilines is 1. The number of rotatable bonds is 8. The van der Waals surface area contributed by atoms with E-state index in [1.807, 2.05) is 30.3 Å². The first-order valence-corrected chi connectivity index (χ1v) is 13.3. The van der Waals surface area contributed by atoms with Crippen molar-refractivity contribution in [1.82, 2.24) is 9.99 Å². The van der Waals surface area contributed by atoms with E-state index < -0.39 is 10.7 Å². The second kappa shape index (κ2) is 10.5. The van der Waals surface area contributed by atoms with Gasteiger partial charge in [-0.25, -0.2) is 13.4 Å². The van der Waals surface area contributed by atoms with Gasteiger partial charge >= 0.3 is 0 Å². The van der Waals surface area contributed by atoms with Gasteiger partial charge in [-0.3, -0.25) is 4.98 Å². The zero-order valence-corrected chi connectivity index (χ0v) is 20.3. The number of phenolic OH excluding ortho intramolecular Hbond substituents is 1. The van der Waals surface area contributed by atoms with E-state index in [2.05, 4.69) is 28.8 Å². The minimum Gasteiger partial charge on any atom is -0.507 e. The summed E-state index contributed by atoms with van der Waals surface area (Å²) in [5.74, 6) is 0.178. The van der Waals surface area contributed by atoms with Gasteiger partial charge in [-0.1, -0.05) is 57.4 Å². The fourth-order valence-corrected chi connectivity index (χ4v) is 5.55. The van der Waals surface area contributed by atoms with Crippen molar-refractivity contribution in [3.63, 3.8) is 0 Å². The Labute approximate surface area is 197 Å². The van der Waals surface area contributed by atoms with Crippen molar-refractivity contribution in [1.29, 1.82) is 0 Å². The van der Waals surface area contributed by atoms with Crippen molar-refractivity contribution in [3.8, 4) is 16.9 Å². The maximum atomic E-state index is 11.8. The number of phenols is 1. The van der Waals surface area contributed by atoms with Crippen LogP contribution in [-0.2, 0) is 16.5 Å². The first kappa shape index (κ1) is 23.5. The highest BCUT2D eigenvalue weighted by Gasteiger charge is 2.29. The highest BCUT2D eigenvalue weighted by molar-refractivity contribution is 7.71. The molecule has 1 aromatic heterocycles. The molecular weight excluding hydrogens is 434 g/mol. The minimum absolute atomic E-state index is 0.0427. The zero-order valence-electron chi connectivity index (χ0n) is 19.4. The summed E-state index contributed by atoms with van der Waals surface area (Å²) in [6, 6.07) is 13.6. The Balaban J connectivity index is 1.98. The average Bonchev–Trinajstić information content (AvgIpc) is 2.83. The van der Waals surface area contributed by atoms with Gasteiger partial charge in [-0.2, -0.15) is 0 Å². The maximum Gasteiger partial charge on any atom is 0.144 e. The number of para-hydroxylation sites is 1. The normalized spacial score (nSPS) is 14.9. The quantitative estimate of drug-likeness (QED) is 0.354. The summed E-state index contributed by atoms with van der Waals surface area (Å²) in [5.41, 5.74) is 4.12. The number of hydrogen-bond acceptors (Lipinski definition) is 6. The van der Waals surface area contributed by atoms with E-state index >= 15 is 0 Å². The molecule has 0 spiro atoms. The van der Waals surface area contributed by atoms with Gasteiger partial charge in [0.25, 0.3) is 0 Å². The molecule has 3 aromatic rings. The standard InChI is InChI=1S/C26H33N3O3S/c1-3-28(4-2)29(21-10-6-5-7-11-21)26-20(18-33(31)32)17-27-24-15-14-19(16-23(24)26)22-12-8-9-13-25(22)30/h8-9,12-17,21,30,33H,3-7,10-11,18H2,1-2H3. The molecule has 0 atom stereocenters. The highest BCUT2D eigenvalue weighted by Crippen LogP contribution is 2.39. The summed E-state index contributed by atoms with van der Waals surface area (Å²) in [6.07, 6.45) is 7.50. The van der Waals surface area contributed by atoms with Gasteiger partial charge in [0.2, 0.25) is 0 Å². The number of thiol groups is 1. The Morgan fingerprint density at radius 1 is 1.03 bits per heavy atom. The number of hydrogen-bond donors (Lipinski definition) is 2. The predicted molar refractivity (Wildman–Crippen MR) is 135 cm³/mol. The molecule has 1 saturated carbocycles. The topological polar surface area (TPSA) is 73.7 Å². The van der Waals surface area contributed by atoms with E-state index in [0.717, 1.165) is 59.2 Å². The molecule has 0 radical (unpaired) electrons. The molecule has 0 unspecified atom stereocenters. The Morgan fingerprint density at radius 3 is 2.42 bits per heavy atom. The van der Waals surface area contributed by atoms with Crippen molar-refractivity contribution in [2.24, 2.45) is 0 Å². The third kappa shape index (κ3) is 4.99. The number of nitrogens with zero attached hydrogens (tertiary/aromatic N) is 3. The van der Waals surface area contributed by atoms with E-state index in [1.54, 1.807) is 18.3 Å². The third-order valence-corrected chi connectivity index (χ3v) is 7.21. The first-order chi connectivity index (χ1) is 16.0. The van der Waals surface area contributed by atoms with Crippen LogP contribution in [0.5, 0.6) is 5.75 Å². The SMILES string of the molecule is CCN(CC)N(c1c(C[SH](=O)=O)cnc2ccc(-c3ccccc3O)cc12)C1CCCCC1. The molecule has 1 fully saturated rings. The largest absolute Gasteiger partial charge is 0.507 e. The van der Waals surface area contributed by atoms with Crippen LogP contribution in [-0.4, -0.2) is 42.6 Å². The number of aromatic nitrogens is 1. The molecule has 4 rings (SSSR count). The van der Waals surface area contributed by atoms with Gasteiger partial charge in [0.15, 0.2) is 0 Å². The average molecular weight is 468 g/mol. The van der Waals surface area contributed by atoms with Gasteiger partial charge in [-0.15, -0.1) is 0 Å². The molecule has 33 heavy (non-hydrogen) atoms. The lowest BCUT2D eigenvalue weighted by atomic mass is 9.93. The van der Waals surface area contributed by atoms with Crippen molar-refractivity contribution in [3.05, 3.63) is 54.2 Å². The lowest BCUT2D eigenvalue weighted by Crippen LogP contribution is -2.50. The second-order valence-corrected chi connectivity index (χ2v) is 9.63. The number of benzene rings is 2. The maximum absolute atomic E-state index is 11.8.